The number of aromatic amines is 1. The third-order valence-electron chi connectivity index (χ3n) is 8.21. The first-order chi connectivity index (χ1) is 21.5. The molecule has 45 heavy (non-hydrogen) atoms. The third kappa shape index (κ3) is 4.83. The number of aryl methyl sites for hydroxylation is 2. The highest BCUT2D eigenvalue weighted by atomic mass is 32.2. The number of benzene rings is 3. The quantitative estimate of drug-likeness (QED) is 0.210. The van der Waals surface area contributed by atoms with Gasteiger partial charge in [-0.1, -0.05) is 48.0 Å². The van der Waals surface area contributed by atoms with Crippen LogP contribution in [0.5, 0.6) is 0 Å². The number of H-pyrrole nitrogens is 1. The fourth-order valence-electron chi connectivity index (χ4n) is 5.85. The Labute approximate surface area is 260 Å². The van der Waals surface area contributed by atoms with Crippen LogP contribution in [0.15, 0.2) is 89.6 Å². The van der Waals surface area contributed by atoms with E-state index in [0.29, 0.717) is 33.5 Å². The highest BCUT2D eigenvalue weighted by Crippen LogP contribution is 2.42. The standard InChI is InChI=1S/C35H31N5O4S/c1-20-10-12-22(13-11-20)33-32(35(41)36-3)27-16-25(30(17-31(27)44-33)39(4)45(5,42)43)24-14-26(34-37-21(2)18-40(34)19-24)29-15-23-8-6-7-9-28(23)38-29/h6-19,38H,1-5H3,(H,36,41). The lowest BCUT2D eigenvalue weighted by atomic mass is 9.98. The number of aromatic nitrogens is 3. The molecule has 0 atom stereocenters. The van der Waals surface area contributed by atoms with Gasteiger partial charge in [0, 0.05) is 71.1 Å². The Balaban J connectivity index is 1.55. The molecule has 0 aliphatic carbocycles. The first kappa shape index (κ1) is 28.4. The Bertz CT molecular complexity index is 2370. The van der Waals surface area contributed by atoms with Crippen LogP contribution in [-0.2, 0) is 10.0 Å². The van der Waals surface area contributed by atoms with E-state index in [4.69, 9.17) is 9.40 Å². The Morgan fingerprint density at radius 1 is 0.956 bits per heavy atom. The first-order valence-corrected chi connectivity index (χ1v) is 16.3. The molecule has 1 amide bonds. The van der Waals surface area contributed by atoms with E-state index in [1.54, 1.807) is 13.1 Å². The van der Waals surface area contributed by atoms with Gasteiger partial charge in [0.1, 0.15) is 17.0 Å². The van der Waals surface area contributed by atoms with Crippen molar-refractivity contribution in [2.45, 2.75) is 13.8 Å². The second kappa shape index (κ2) is 10.4. The summed E-state index contributed by atoms with van der Waals surface area (Å²) in [7, 11) is -0.573. The maximum Gasteiger partial charge on any atom is 0.255 e. The van der Waals surface area contributed by atoms with Gasteiger partial charge >= 0.3 is 0 Å². The van der Waals surface area contributed by atoms with Crippen LogP contribution in [0.4, 0.5) is 5.69 Å². The van der Waals surface area contributed by atoms with Crippen LogP contribution in [0.2, 0.25) is 0 Å². The number of anilines is 1. The fraction of sp³-hybridized carbons (Fsp3) is 0.143. The van der Waals surface area contributed by atoms with E-state index in [1.807, 2.05) is 91.3 Å². The minimum atomic E-state index is -3.67. The van der Waals surface area contributed by atoms with E-state index in [0.717, 1.165) is 56.4 Å². The van der Waals surface area contributed by atoms with Gasteiger partial charge in [0.25, 0.3) is 5.91 Å². The minimum absolute atomic E-state index is 0.307. The van der Waals surface area contributed by atoms with E-state index in [9.17, 15) is 13.2 Å². The molecule has 0 aliphatic heterocycles. The summed E-state index contributed by atoms with van der Waals surface area (Å²) in [5.41, 5.74) is 8.68. The molecule has 0 radical (unpaired) electrons. The summed E-state index contributed by atoms with van der Waals surface area (Å²) in [6.07, 6.45) is 5.03. The monoisotopic (exact) mass is 617 g/mol. The molecule has 4 aromatic heterocycles. The van der Waals surface area contributed by atoms with Crippen molar-refractivity contribution in [2.75, 3.05) is 24.7 Å². The van der Waals surface area contributed by atoms with Crippen molar-refractivity contribution in [1.29, 1.82) is 0 Å². The van der Waals surface area contributed by atoms with E-state index < -0.39 is 10.0 Å². The third-order valence-corrected chi connectivity index (χ3v) is 9.41. The lowest BCUT2D eigenvalue weighted by Gasteiger charge is -2.21. The molecule has 3 aromatic carbocycles. The summed E-state index contributed by atoms with van der Waals surface area (Å²) in [6, 6.07) is 23.4. The fourth-order valence-corrected chi connectivity index (χ4v) is 6.35. The number of amides is 1. The SMILES string of the molecule is CNC(=O)c1c(-c2ccc(C)cc2)oc2cc(N(C)S(C)(=O)=O)c(-c3cc(-c4cc5ccccc5[nH]4)c4nc(C)cn4c3)cc12. The maximum atomic E-state index is 13.4. The van der Waals surface area contributed by atoms with Gasteiger partial charge in [-0.3, -0.25) is 9.10 Å². The molecule has 7 aromatic rings. The number of rotatable bonds is 6. The average molecular weight is 618 g/mol. The van der Waals surface area contributed by atoms with Crippen molar-refractivity contribution in [1.82, 2.24) is 19.7 Å². The lowest BCUT2D eigenvalue weighted by Crippen LogP contribution is -2.25. The summed E-state index contributed by atoms with van der Waals surface area (Å²) >= 11 is 0. The van der Waals surface area contributed by atoms with Crippen molar-refractivity contribution >= 4 is 49.1 Å². The highest BCUT2D eigenvalue weighted by molar-refractivity contribution is 7.92. The minimum Gasteiger partial charge on any atom is -0.455 e. The van der Waals surface area contributed by atoms with Crippen LogP contribution in [0.25, 0.3) is 61.2 Å². The number of carbonyl (C=O) groups is 1. The van der Waals surface area contributed by atoms with Crippen LogP contribution in [0, 0.1) is 13.8 Å². The summed E-state index contributed by atoms with van der Waals surface area (Å²) in [5, 5.41) is 4.38. The van der Waals surface area contributed by atoms with Gasteiger partial charge in [-0.2, -0.15) is 0 Å². The maximum absolute atomic E-state index is 13.4. The van der Waals surface area contributed by atoms with E-state index in [1.165, 1.54) is 11.4 Å². The zero-order valence-electron chi connectivity index (χ0n) is 25.5. The summed E-state index contributed by atoms with van der Waals surface area (Å²) in [4.78, 5) is 21.7. The van der Waals surface area contributed by atoms with E-state index in [-0.39, 0.29) is 5.91 Å². The lowest BCUT2D eigenvalue weighted by molar-refractivity contribution is 0.0964. The van der Waals surface area contributed by atoms with Crippen LogP contribution in [0.3, 0.4) is 0 Å². The summed E-state index contributed by atoms with van der Waals surface area (Å²) < 4.78 is 35.4. The second-order valence-corrected chi connectivity index (χ2v) is 13.4. The van der Waals surface area contributed by atoms with Gasteiger partial charge in [0.15, 0.2) is 0 Å². The number of para-hydroxylation sites is 1. The molecule has 4 heterocycles. The van der Waals surface area contributed by atoms with Crippen LogP contribution in [0.1, 0.15) is 21.6 Å². The smallest absolute Gasteiger partial charge is 0.255 e. The highest BCUT2D eigenvalue weighted by Gasteiger charge is 2.26. The molecule has 2 N–H and O–H groups in total. The molecule has 0 unspecified atom stereocenters. The van der Waals surface area contributed by atoms with Gasteiger partial charge in [0.2, 0.25) is 10.0 Å². The molecule has 9 nitrogen and oxygen atoms in total. The molecule has 10 heteroatoms. The Morgan fingerprint density at radius 2 is 1.71 bits per heavy atom. The molecule has 0 spiro atoms. The zero-order valence-corrected chi connectivity index (χ0v) is 26.3. The van der Waals surface area contributed by atoms with Gasteiger partial charge in [0.05, 0.1) is 28.9 Å². The van der Waals surface area contributed by atoms with Crippen molar-refractivity contribution in [3.63, 3.8) is 0 Å². The normalized spacial score (nSPS) is 11.9. The Hall–Kier alpha value is -5.35. The molecule has 226 valence electrons. The zero-order chi connectivity index (χ0) is 31.6. The first-order valence-electron chi connectivity index (χ1n) is 14.4. The predicted molar refractivity (Wildman–Crippen MR) is 179 cm³/mol. The molecule has 0 bridgehead atoms. The average Bonchev–Trinajstić information content (AvgIpc) is 3.72. The molecular weight excluding hydrogens is 586 g/mol. The van der Waals surface area contributed by atoms with Gasteiger partial charge in [-0.05, 0) is 38.1 Å². The van der Waals surface area contributed by atoms with Crippen molar-refractivity contribution in [3.8, 4) is 33.7 Å². The number of hydrogen-bond donors (Lipinski definition) is 2. The molecule has 0 saturated carbocycles. The molecular formula is C35H31N5O4S. The number of furan rings is 1. The number of pyridine rings is 1. The predicted octanol–water partition coefficient (Wildman–Crippen LogP) is 6.94. The number of nitrogens with one attached hydrogen (secondary N) is 2. The van der Waals surface area contributed by atoms with Crippen molar-refractivity contribution in [3.05, 3.63) is 102 Å². The number of carbonyl (C=O) groups excluding carboxylic acids is 1. The molecule has 0 aliphatic rings. The number of imidazole rings is 1. The number of fused-ring (bicyclic) bond motifs is 3. The van der Waals surface area contributed by atoms with Crippen LogP contribution in [-0.4, -0.2) is 49.0 Å². The molecule has 0 saturated heterocycles. The van der Waals surface area contributed by atoms with Crippen molar-refractivity contribution in [2.24, 2.45) is 0 Å². The molecule has 7 rings (SSSR count). The van der Waals surface area contributed by atoms with Gasteiger partial charge in [-0.25, -0.2) is 13.4 Å². The Kier molecular flexibility index (Phi) is 6.56. The second-order valence-electron chi connectivity index (χ2n) is 11.4. The van der Waals surface area contributed by atoms with Gasteiger partial charge in [-0.15, -0.1) is 0 Å². The van der Waals surface area contributed by atoms with E-state index in [2.05, 4.69) is 16.4 Å². The number of hydrogen-bond acceptors (Lipinski definition) is 5. The van der Waals surface area contributed by atoms with Crippen LogP contribution >= 0.6 is 0 Å². The van der Waals surface area contributed by atoms with Crippen LogP contribution < -0.4 is 9.62 Å². The van der Waals surface area contributed by atoms with Crippen molar-refractivity contribution < 1.29 is 17.6 Å². The van der Waals surface area contributed by atoms with Gasteiger partial charge < -0.3 is 19.1 Å². The largest absolute Gasteiger partial charge is 0.455 e. The Morgan fingerprint density at radius 3 is 2.42 bits per heavy atom. The summed E-state index contributed by atoms with van der Waals surface area (Å²) in [6.45, 7) is 3.93. The number of nitrogens with zero attached hydrogens (tertiary/aromatic N) is 3. The summed E-state index contributed by atoms with van der Waals surface area (Å²) in [5.74, 6) is 0.104. The number of sulfonamides is 1. The van der Waals surface area contributed by atoms with E-state index >= 15 is 0 Å². The topological polar surface area (TPSA) is 113 Å². The molecule has 0 fully saturated rings.